The molecule has 0 radical (unpaired) electrons. The minimum absolute atomic E-state index is 0.484. The third kappa shape index (κ3) is 3.00. The van der Waals surface area contributed by atoms with Crippen LogP contribution in [0.2, 0.25) is 0 Å². The zero-order chi connectivity index (χ0) is 14.0. The van der Waals surface area contributed by atoms with Crippen LogP contribution in [0, 0.1) is 11.3 Å². The number of anilines is 2. The Balaban J connectivity index is 1.59. The average molecular weight is 275 g/mol. The summed E-state index contributed by atoms with van der Waals surface area (Å²) in [7, 11) is 0. The number of rotatable bonds is 7. The SMILES string of the molecule is CCC1(CNc2ccc(N)c(OCC3CC3)n2)CCC1. The second-order valence-electron chi connectivity index (χ2n) is 6.41. The Morgan fingerprint density at radius 2 is 2.20 bits per heavy atom. The molecule has 2 aliphatic carbocycles. The molecular weight excluding hydrogens is 250 g/mol. The number of hydrogen-bond donors (Lipinski definition) is 2. The molecule has 3 N–H and O–H groups in total. The van der Waals surface area contributed by atoms with Crippen molar-refractivity contribution in [3.63, 3.8) is 0 Å². The van der Waals surface area contributed by atoms with E-state index >= 15 is 0 Å². The van der Waals surface area contributed by atoms with Crippen molar-refractivity contribution in [2.45, 2.75) is 45.4 Å². The van der Waals surface area contributed by atoms with Gasteiger partial charge in [-0.15, -0.1) is 0 Å². The van der Waals surface area contributed by atoms with Crippen LogP contribution in [0.3, 0.4) is 0 Å². The fraction of sp³-hybridized carbons (Fsp3) is 0.688. The van der Waals surface area contributed by atoms with Gasteiger partial charge >= 0.3 is 0 Å². The van der Waals surface area contributed by atoms with E-state index in [1.807, 2.05) is 12.1 Å². The third-order valence-electron chi connectivity index (χ3n) is 4.85. The summed E-state index contributed by atoms with van der Waals surface area (Å²) in [5.74, 6) is 2.18. The van der Waals surface area contributed by atoms with E-state index in [1.165, 1.54) is 38.5 Å². The second kappa shape index (κ2) is 5.51. The lowest BCUT2D eigenvalue weighted by molar-refractivity contribution is 0.145. The number of aromatic nitrogens is 1. The number of pyridine rings is 1. The first-order chi connectivity index (χ1) is 9.71. The highest BCUT2D eigenvalue weighted by molar-refractivity contribution is 5.53. The molecule has 2 aliphatic rings. The summed E-state index contributed by atoms with van der Waals surface area (Å²) in [6, 6.07) is 3.83. The van der Waals surface area contributed by atoms with Gasteiger partial charge in [-0.05, 0) is 55.6 Å². The van der Waals surface area contributed by atoms with Gasteiger partial charge in [-0.2, -0.15) is 4.98 Å². The van der Waals surface area contributed by atoms with Gasteiger partial charge in [0.25, 0.3) is 0 Å². The van der Waals surface area contributed by atoms with Crippen molar-refractivity contribution in [2.75, 3.05) is 24.2 Å². The van der Waals surface area contributed by atoms with Gasteiger partial charge < -0.3 is 15.8 Å². The molecule has 0 unspecified atom stereocenters. The molecule has 0 spiro atoms. The molecule has 20 heavy (non-hydrogen) atoms. The maximum Gasteiger partial charge on any atom is 0.239 e. The summed E-state index contributed by atoms with van der Waals surface area (Å²) in [5, 5.41) is 3.46. The molecule has 2 saturated carbocycles. The van der Waals surface area contributed by atoms with Crippen molar-refractivity contribution in [3.05, 3.63) is 12.1 Å². The van der Waals surface area contributed by atoms with Gasteiger partial charge in [-0.1, -0.05) is 13.3 Å². The van der Waals surface area contributed by atoms with E-state index in [0.29, 0.717) is 22.9 Å². The van der Waals surface area contributed by atoms with E-state index in [-0.39, 0.29) is 0 Å². The van der Waals surface area contributed by atoms with E-state index in [2.05, 4.69) is 17.2 Å². The maximum absolute atomic E-state index is 5.93. The fourth-order valence-electron chi connectivity index (χ4n) is 2.76. The van der Waals surface area contributed by atoms with Crippen LogP contribution in [-0.2, 0) is 0 Å². The van der Waals surface area contributed by atoms with Gasteiger partial charge in [0.2, 0.25) is 5.88 Å². The molecule has 1 heterocycles. The third-order valence-corrected chi connectivity index (χ3v) is 4.85. The number of hydrogen-bond acceptors (Lipinski definition) is 4. The zero-order valence-electron chi connectivity index (χ0n) is 12.3. The number of nitrogen functional groups attached to an aromatic ring is 1. The summed E-state index contributed by atoms with van der Waals surface area (Å²) >= 11 is 0. The quantitative estimate of drug-likeness (QED) is 0.800. The van der Waals surface area contributed by atoms with Crippen LogP contribution in [0.5, 0.6) is 5.88 Å². The van der Waals surface area contributed by atoms with Crippen LogP contribution >= 0.6 is 0 Å². The van der Waals surface area contributed by atoms with E-state index in [9.17, 15) is 0 Å². The van der Waals surface area contributed by atoms with Crippen molar-refractivity contribution < 1.29 is 4.74 Å². The molecule has 0 aliphatic heterocycles. The van der Waals surface area contributed by atoms with Crippen LogP contribution in [0.15, 0.2) is 12.1 Å². The Morgan fingerprint density at radius 1 is 1.40 bits per heavy atom. The van der Waals surface area contributed by atoms with E-state index in [4.69, 9.17) is 10.5 Å². The van der Waals surface area contributed by atoms with Crippen molar-refractivity contribution in [3.8, 4) is 5.88 Å². The van der Waals surface area contributed by atoms with Crippen molar-refractivity contribution >= 4 is 11.5 Å². The molecule has 0 bridgehead atoms. The van der Waals surface area contributed by atoms with E-state index in [1.54, 1.807) is 0 Å². The van der Waals surface area contributed by atoms with Gasteiger partial charge in [-0.25, -0.2) is 0 Å². The largest absolute Gasteiger partial charge is 0.476 e. The van der Waals surface area contributed by atoms with Gasteiger partial charge in [0.1, 0.15) is 5.82 Å². The Kier molecular flexibility index (Phi) is 3.72. The van der Waals surface area contributed by atoms with Crippen molar-refractivity contribution in [1.29, 1.82) is 0 Å². The Bertz CT molecular complexity index is 461. The maximum atomic E-state index is 5.93. The molecule has 110 valence electrons. The van der Waals surface area contributed by atoms with E-state index in [0.717, 1.165) is 19.0 Å². The predicted octanol–water partition coefficient (Wildman–Crippen LogP) is 3.44. The lowest BCUT2D eigenvalue weighted by atomic mass is 9.67. The average Bonchev–Trinajstić information content (AvgIpc) is 3.22. The topological polar surface area (TPSA) is 60.2 Å². The lowest BCUT2D eigenvalue weighted by Gasteiger charge is -2.41. The lowest BCUT2D eigenvalue weighted by Crippen LogP contribution is -2.36. The molecule has 1 aromatic heterocycles. The molecule has 4 heteroatoms. The molecule has 3 rings (SSSR count). The number of ether oxygens (including phenoxy) is 1. The van der Waals surface area contributed by atoms with Crippen LogP contribution in [-0.4, -0.2) is 18.1 Å². The highest BCUT2D eigenvalue weighted by Crippen LogP contribution is 2.43. The van der Waals surface area contributed by atoms with Gasteiger partial charge in [0, 0.05) is 6.54 Å². The molecule has 4 nitrogen and oxygen atoms in total. The first-order valence-electron chi connectivity index (χ1n) is 7.84. The normalized spacial score (nSPS) is 20.2. The highest BCUT2D eigenvalue weighted by atomic mass is 16.5. The molecular formula is C16H25N3O. The van der Waals surface area contributed by atoms with Gasteiger partial charge in [0.15, 0.2) is 0 Å². The summed E-state index contributed by atoms with van der Waals surface area (Å²) in [6.45, 7) is 4.03. The fourth-order valence-corrected chi connectivity index (χ4v) is 2.76. The number of nitrogens with one attached hydrogen (secondary N) is 1. The van der Waals surface area contributed by atoms with Crippen LogP contribution in [0.1, 0.15) is 45.4 Å². The molecule has 0 aromatic carbocycles. The molecule has 0 amide bonds. The van der Waals surface area contributed by atoms with Crippen molar-refractivity contribution in [1.82, 2.24) is 4.98 Å². The predicted molar refractivity (Wildman–Crippen MR) is 81.9 cm³/mol. The van der Waals surface area contributed by atoms with E-state index < -0.39 is 0 Å². The molecule has 0 atom stereocenters. The molecule has 1 aromatic rings. The van der Waals surface area contributed by atoms with Gasteiger partial charge in [-0.3, -0.25) is 0 Å². The summed E-state index contributed by atoms with van der Waals surface area (Å²) in [4.78, 5) is 4.51. The van der Waals surface area contributed by atoms with Crippen LogP contribution in [0.25, 0.3) is 0 Å². The zero-order valence-corrected chi connectivity index (χ0v) is 12.3. The highest BCUT2D eigenvalue weighted by Gasteiger charge is 2.34. The number of nitrogens with zero attached hydrogens (tertiary/aromatic N) is 1. The second-order valence-corrected chi connectivity index (χ2v) is 6.41. The summed E-state index contributed by atoms with van der Waals surface area (Å²) in [6.07, 6.45) is 7.81. The Hall–Kier alpha value is -1.45. The minimum atomic E-state index is 0.484. The van der Waals surface area contributed by atoms with Crippen LogP contribution in [0.4, 0.5) is 11.5 Å². The van der Waals surface area contributed by atoms with Crippen molar-refractivity contribution in [2.24, 2.45) is 11.3 Å². The standard InChI is InChI=1S/C16H25N3O/c1-2-16(8-3-9-16)11-18-14-7-6-13(17)15(19-14)20-10-12-4-5-12/h6-7,12H,2-5,8-11,17H2,1H3,(H,18,19). The monoisotopic (exact) mass is 275 g/mol. The Morgan fingerprint density at radius 3 is 2.80 bits per heavy atom. The van der Waals surface area contributed by atoms with Gasteiger partial charge in [0.05, 0.1) is 12.3 Å². The smallest absolute Gasteiger partial charge is 0.239 e. The first kappa shape index (κ1) is 13.5. The summed E-state index contributed by atoms with van der Waals surface area (Å²) in [5.41, 5.74) is 7.04. The molecule has 0 saturated heterocycles. The Labute approximate surface area is 121 Å². The number of nitrogens with two attached hydrogens (primary N) is 1. The summed E-state index contributed by atoms with van der Waals surface area (Å²) < 4.78 is 5.72. The van der Waals surface area contributed by atoms with Crippen LogP contribution < -0.4 is 15.8 Å². The molecule has 2 fully saturated rings. The first-order valence-corrected chi connectivity index (χ1v) is 7.84. The minimum Gasteiger partial charge on any atom is -0.476 e.